The molecule has 1 aliphatic heterocycles. The number of nitrogens with zero attached hydrogens (tertiary/aromatic N) is 5. The van der Waals surface area contributed by atoms with E-state index in [9.17, 15) is 9.59 Å². The standard InChI is InChI=1S/C28H31Cl2N7O3/c1-16-32-20-9-10-21(34-22-11-13-31-37(26(22)38)23-18(29)7-6-8-19(23)30)25(24(20)35(16)5)36-14-12-17(15-36)33-27(39)40-28(2,3)4/h6-11,13,17,34H,12,14-15H2,1-5H3,(H,33,39)/t17-/m0/s1. The molecule has 2 aromatic heterocycles. The lowest BCUT2D eigenvalue weighted by Gasteiger charge is -2.25. The molecule has 0 saturated carbocycles. The number of amides is 1. The quantitative estimate of drug-likeness (QED) is 0.316. The lowest BCUT2D eigenvalue weighted by molar-refractivity contribution is 0.0509. The van der Waals surface area contributed by atoms with Gasteiger partial charge in [0.1, 0.15) is 22.8 Å². The first kappa shape index (κ1) is 27.8. The van der Waals surface area contributed by atoms with E-state index >= 15 is 0 Å². The Kier molecular flexibility index (Phi) is 7.41. The molecule has 4 aromatic rings. The van der Waals surface area contributed by atoms with Crippen LogP contribution in [0.2, 0.25) is 10.0 Å². The Balaban J connectivity index is 1.52. The number of imidazole rings is 1. The SMILES string of the molecule is Cc1nc2ccc(Nc3ccnn(-c4c(Cl)cccc4Cl)c3=O)c(N3CC[C@H](NC(=O)OC(C)(C)C)C3)c2n1C. The summed E-state index contributed by atoms with van der Waals surface area (Å²) in [6.07, 6.45) is 1.81. The number of halogens is 2. The molecule has 10 nitrogen and oxygen atoms in total. The fraction of sp³-hybridized carbons (Fsp3) is 0.357. The van der Waals surface area contributed by atoms with Gasteiger partial charge in [0.05, 0.1) is 44.7 Å². The number of hydrogen-bond acceptors (Lipinski definition) is 7. The molecule has 2 aromatic carbocycles. The van der Waals surface area contributed by atoms with E-state index in [1.807, 2.05) is 51.4 Å². The summed E-state index contributed by atoms with van der Waals surface area (Å²) in [4.78, 5) is 32.9. The highest BCUT2D eigenvalue weighted by molar-refractivity contribution is 6.37. The van der Waals surface area contributed by atoms with E-state index < -0.39 is 17.3 Å². The van der Waals surface area contributed by atoms with Crippen molar-refractivity contribution in [3.63, 3.8) is 0 Å². The van der Waals surface area contributed by atoms with Gasteiger partial charge in [0, 0.05) is 20.1 Å². The second-order valence-electron chi connectivity index (χ2n) is 10.8. The van der Waals surface area contributed by atoms with Crippen molar-refractivity contribution in [1.29, 1.82) is 0 Å². The number of ether oxygens (including phenoxy) is 1. The minimum absolute atomic E-state index is 0.104. The number of carbonyl (C=O) groups excluding carboxylic acids is 1. The van der Waals surface area contributed by atoms with Crippen LogP contribution in [0.25, 0.3) is 16.7 Å². The number of aryl methyl sites for hydroxylation is 2. The van der Waals surface area contributed by atoms with Crippen LogP contribution in [0.1, 0.15) is 33.0 Å². The molecule has 0 bridgehead atoms. The smallest absolute Gasteiger partial charge is 0.407 e. The Hall–Kier alpha value is -3.76. The summed E-state index contributed by atoms with van der Waals surface area (Å²) in [7, 11) is 1.96. The van der Waals surface area contributed by atoms with Crippen LogP contribution in [0.5, 0.6) is 0 Å². The Labute approximate surface area is 241 Å². The van der Waals surface area contributed by atoms with Gasteiger partial charge in [0.15, 0.2) is 0 Å². The van der Waals surface area contributed by atoms with Crippen LogP contribution in [0.15, 0.2) is 47.4 Å². The molecule has 3 heterocycles. The predicted molar refractivity (Wildman–Crippen MR) is 159 cm³/mol. The first-order valence-electron chi connectivity index (χ1n) is 12.9. The molecule has 1 amide bonds. The minimum atomic E-state index is -0.580. The van der Waals surface area contributed by atoms with Crippen LogP contribution in [0.3, 0.4) is 0 Å². The van der Waals surface area contributed by atoms with Gasteiger partial charge >= 0.3 is 6.09 Å². The molecule has 1 atom stereocenters. The van der Waals surface area contributed by atoms with Crippen molar-refractivity contribution in [2.24, 2.45) is 7.05 Å². The van der Waals surface area contributed by atoms with Crippen LogP contribution in [0.4, 0.5) is 21.9 Å². The fourth-order valence-electron chi connectivity index (χ4n) is 4.88. The van der Waals surface area contributed by atoms with Crippen molar-refractivity contribution in [2.75, 3.05) is 23.3 Å². The lowest BCUT2D eigenvalue weighted by Crippen LogP contribution is -2.40. The van der Waals surface area contributed by atoms with Crippen LogP contribution in [-0.4, -0.2) is 50.2 Å². The molecule has 0 aliphatic carbocycles. The van der Waals surface area contributed by atoms with Crippen LogP contribution in [-0.2, 0) is 11.8 Å². The number of aromatic nitrogens is 4. The molecule has 210 valence electrons. The van der Waals surface area contributed by atoms with Gasteiger partial charge in [-0.1, -0.05) is 29.3 Å². The van der Waals surface area contributed by atoms with Crippen molar-refractivity contribution >= 4 is 57.4 Å². The average Bonchev–Trinajstić information content (AvgIpc) is 3.43. The molecular formula is C28H31Cl2N7O3. The maximum atomic E-state index is 13.6. The van der Waals surface area contributed by atoms with E-state index in [-0.39, 0.29) is 6.04 Å². The average molecular weight is 585 g/mol. The third-order valence-electron chi connectivity index (χ3n) is 6.72. The molecule has 0 unspecified atom stereocenters. The molecule has 0 radical (unpaired) electrons. The Morgan fingerprint density at radius 2 is 1.80 bits per heavy atom. The largest absolute Gasteiger partial charge is 0.444 e. The molecular weight excluding hydrogens is 553 g/mol. The summed E-state index contributed by atoms with van der Waals surface area (Å²) in [5.74, 6) is 0.857. The van der Waals surface area contributed by atoms with Gasteiger partial charge < -0.3 is 24.8 Å². The number of anilines is 3. The van der Waals surface area contributed by atoms with Crippen LogP contribution in [0, 0.1) is 6.92 Å². The minimum Gasteiger partial charge on any atom is -0.444 e. The van der Waals surface area contributed by atoms with E-state index in [0.717, 1.165) is 29.0 Å². The Bertz CT molecular complexity index is 1640. The lowest BCUT2D eigenvalue weighted by atomic mass is 10.2. The summed E-state index contributed by atoms with van der Waals surface area (Å²) in [5, 5.41) is 11.2. The summed E-state index contributed by atoms with van der Waals surface area (Å²) in [6, 6.07) is 10.4. The molecule has 40 heavy (non-hydrogen) atoms. The molecule has 5 rings (SSSR count). The Morgan fingerprint density at radius 3 is 2.50 bits per heavy atom. The number of carbonyl (C=O) groups is 1. The van der Waals surface area contributed by atoms with Gasteiger partial charge in [0.2, 0.25) is 0 Å². The highest BCUT2D eigenvalue weighted by Gasteiger charge is 2.30. The zero-order valence-electron chi connectivity index (χ0n) is 23.0. The van der Waals surface area contributed by atoms with Crippen LogP contribution < -0.4 is 21.1 Å². The third-order valence-corrected chi connectivity index (χ3v) is 7.33. The van der Waals surface area contributed by atoms with Crippen molar-refractivity contribution in [3.8, 4) is 5.69 Å². The van der Waals surface area contributed by atoms with Crippen molar-refractivity contribution in [1.82, 2.24) is 24.6 Å². The number of nitrogens with one attached hydrogen (secondary N) is 2. The summed E-state index contributed by atoms with van der Waals surface area (Å²) >= 11 is 12.7. The second kappa shape index (κ2) is 10.7. The van der Waals surface area contributed by atoms with Gasteiger partial charge in [-0.2, -0.15) is 9.78 Å². The summed E-state index contributed by atoms with van der Waals surface area (Å²) in [5.41, 5.74) is 2.98. The first-order chi connectivity index (χ1) is 18.9. The van der Waals surface area contributed by atoms with Gasteiger partial charge in [-0.05, 0) is 64.4 Å². The fourth-order valence-corrected chi connectivity index (χ4v) is 5.44. The maximum Gasteiger partial charge on any atom is 0.407 e. The van der Waals surface area contributed by atoms with Crippen molar-refractivity contribution < 1.29 is 9.53 Å². The molecule has 1 saturated heterocycles. The number of fused-ring (bicyclic) bond motifs is 1. The van der Waals surface area contributed by atoms with Gasteiger partial charge in [-0.15, -0.1) is 0 Å². The van der Waals surface area contributed by atoms with Crippen molar-refractivity contribution in [3.05, 3.63) is 68.8 Å². The van der Waals surface area contributed by atoms with Gasteiger partial charge in [0.25, 0.3) is 5.56 Å². The van der Waals surface area contributed by atoms with Gasteiger partial charge in [-0.25, -0.2) is 9.78 Å². The third kappa shape index (κ3) is 5.46. The van der Waals surface area contributed by atoms with Gasteiger partial charge in [-0.3, -0.25) is 4.79 Å². The van der Waals surface area contributed by atoms with E-state index in [0.29, 0.717) is 40.2 Å². The maximum absolute atomic E-state index is 13.6. The van der Waals surface area contributed by atoms with E-state index in [4.69, 9.17) is 32.9 Å². The first-order valence-corrected chi connectivity index (χ1v) is 13.7. The molecule has 2 N–H and O–H groups in total. The van der Waals surface area contributed by atoms with Crippen LogP contribution >= 0.6 is 23.2 Å². The molecule has 1 aliphatic rings. The molecule has 0 spiro atoms. The predicted octanol–water partition coefficient (Wildman–Crippen LogP) is 5.58. The topological polar surface area (TPSA) is 106 Å². The Morgan fingerprint density at radius 1 is 1.07 bits per heavy atom. The number of rotatable bonds is 5. The summed E-state index contributed by atoms with van der Waals surface area (Å²) in [6.45, 7) is 8.71. The number of hydrogen-bond donors (Lipinski definition) is 2. The molecule has 12 heteroatoms. The number of benzene rings is 2. The van der Waals surface area contributed by atoms with E-state index in [1.54, 1.807) is 24.3 Å². The van der Waals surface area contributed by atoms with Crippen molar-refractivity contribution in [2.45, 2.75) is 45.8 Å². The highest BCUT2D eigenvalue weighted by Crippen LogP contribution is 2.38. The zero-order chi connectivity index (χ0) is 28.8. The molecule has 1 fully saturated rings. The summed E-state index contributed by atoms with van der Waals surface area (Å²) < 4.78 is 8.67. The van der Waals surface area contributed by atoms with E-state index in [1.165, 1.54) is 10.9 Å². The number of alkyl carbamates (subject to hydrolysis) is 1. The highest BCUT2D eigenvalue weighted by atomic mass is 35.5. The second-order valence-corrected chi connectivity index (χ2v) is 11.6. The monoisotopic (exact) mass is 583 g/mol. The zero-order valence-corrected chi connectivity index (χ0v) is 24.5. The normalized spacial score (nSPS) is 15.5. The van der Waals surface area contributed by atoms with E-state index in [2.05, 4.69) is 20.6 Å². The number of para-hydroxylation sites is 1.